The van der Waals surface area contributed by atoms with Crippen LogP contribution in [0.4, 0.5) is 0 Å². The topological polar surface area (TPSA) is 21.9 Å². The average Bonchev–Trinajstić information content (AvgIpc) is 3.46. The van der Waals surface area contributed by atoms with Gasteiger partial charge < -0.3 is 4.74 Å². The maximum Gasteiger partial charge on any atom is 0.347 e. The first-order valence-electron chi connectivity index (χ1n) is 12.6. The van der Waals surface area contributed by atoms with E-state index in [1.165, 1.54) is 50.5 Å². The fourth-order valence-corrected chi connectivity index (χ4v) is 6.92. The van der Waals surface area contributed by atoms with Crippen LogP contribution in [0.15, 0.2) is 79.0 Å². The number of hydrogen-bond donors (Lipinski definition) is 0. The van der Waals surface area contributed by atoms with Crippen LogP contribution in [0, 0.1) is 0 Å². The Morgan fingerprint density at radius 2 is 1.66 bits per heavy atom. The molecule has 0 radical (unpaired) electrons. The lowest BCUT2D eigenvalue weighted by Crippen LogP contribution is -2.57. The van der Waals surface area contributed by atoms with Crippen LogP contribution in [0.25, 0.3) is 28.0 Å². The first-order chi connectivity index (χ1) is 17.0. The molecule has 4 heteroatoms. The molecule has 1 atom stereocenters. The van der Waals surface area contributed by atoms with E-state index >= 15 is 0 Å². The summed E-state index contributed by atoms with van der Waals surface area (Å²) in [4.78, 5) is 0. The molecular formula is C31H27N3O+2. The third kappa shape index (κ3) is 1.99. The number of benzene rings is 3. The second kappa shape index (κ2) is 6.19. The van der Waals surface area contributed by atoms with Gasteiger partial charge in [-0.1, -0.05) is 44.2 Å². The van der Waals surface area contributed by atoms with Gasteiger partial charge in [0.25, 0.3) is 0 Å². The van der Waals surface area contributed by atoms with E-state index in [-0.39, 0.29) is 6.04 Å². The monoisotopic (exact) mass is 457 g/mol. The molecule has 0 bridgehead atoms. The zero-order chi connectivity index (χ0) is 23.6. The molecule has 35 heavy (non-hydrogen) atoms. The van der Waals surface area contributed by atoms with Crippen LogP contribution >= 0.6 is 0 Å². The van der Waals surface area contributed by atoms with Gasteiger partial charge >= 0.3 is 11.4 Å². The van der Waals surface area contributed by atoms with Crippen molar-refractivity contribution in [2.24, 2.45) is 0 Å². The molecule has 0 fully saturated rings. The zero-order valence-electron chi connectivity index (χ0n) is 20.4. The van der Waals surface area contributed by atoms with Gasteiger partial charge in [0.2, 0.25) is 11.2 Å². The molecule has 3 aliphatic heterocycles. The van der Waals surface area contributed by atoms with Gasteiger partial charge in [-0.2, -0.15) is 9.13 Å². The van der Waals surface area contributed by atoms with Gasteiger partial charge in [0.1, 0.15) is 0 Å². The lowest BCUT2D eigenvalue weighted by molar-refractivity contribution is -0.733. The molecule has 2 aromatic heterocycles. The molecule has 170 valence electrons. The number of imidazole rings is 1. The number of aromatic nitrogens is 3. The molecule has 5 aromatic rings. The quantitative estimate of drug-likeness (QED) is 0.285. The molecule has 1 spiro atoms. The Labute approximate surface area is 204 Å². The molecule has 0 N–H and O–H groups in total. The zero-order valence-corrected chi connectivity index (χ0v) is 20.4. The number of fused-ring (bicyclic) bond motifs is 7. The average molecular weight is 458 g/mol. The highest BCUT2D eigenvalue weighted by Crippen LogP contribution is 2.56. The Morgan fingerprint density at radius 3 is 2.49 bits per heavy atom. The van der Waals surface area contributed by atoms with Gasteiger partial charge in [-0.3, -0.25) is 0 Å². The van der Waals surface area contributed by atoms with E-state index < -0.39 is 5.54 Å². The smallest absolute Gasteiger partial charge is 0.347 e. The first kappa shape index (κ1) is 19.4. The number of pyridine rings is 1. The highest BCUT2D eigenvalue weighted by atomic mass is 16.5. The normalized spacial score (nSPS) is 18.0. The summed E-state index contributed by atoms with van der Waals surface area (Å²) < 4.78 is 14.3. The number of ether oxygens (including phenoxy) is 1. The predicted molar refractivity (Wildman–Crippen MR) is 135 cm³/mol. The fourth-order valence-electron chi connectivity index (χ4n) is 6.92. The minimum atomic E-state index is -0.471. The minimum Gasteiger partial charge on any atom is -0.448 e. The van der Waals surface area contributed by atoms with Gasteiger partial charge in [0, 0.05) is 17.7 Å². The minimum absolute atomic E-state index is 0.279. The summed E-state index contributed by atoms with van der Waals surface area (Å²) in [5.41, 5.74) is 9.54. The summed E-state index contributed by atoms with van der Waals surface area (Å²) >= 11 is 0. The van der Waals surface area contributed by atoms with Crippen molar-refractivity contribution in [3.05, 3.63) is 102 Å². The van der Waals surface area contributed by atoms with Crippen LogP contribution in [0.2, 0.25) is 0 Å². The van der Waals surface area contributed by atoms with Crippen LogP contribution < -0.4 is 13.9 Å². The molecule has 3 aliphatic rings. The third-order valence-electron chi connectivity index (χ3n) is 8.16. The summed E-state index contributed by atoms with van der Waals surface area (Å²) in [6.45, 7) is 9.09. The van der Waals surface area contributed by atoms with E-state index in [1.807, 2.05) is 0 Å². The SMILES string of the molecule is CC(C)c1ccc2c3c1Oc1cccc4c1[n+]-3c(n4C(C)C)C21c2ccccc2-c2cccc[n+]21. The number of rotatable bonds is 2. The Hall–Kier alpha value is -3.92. The summed E-state index contributed by atoms with van der Waals surface area (Å²) in [6, 6.07) is 26.9. The van der Waals surface area contributed by atoms with Crippen molar-refractivity contribution >= 4 is 11.0 Å². The first-order valence-corrected chi connectivity index (χ1v) is 12.6. The molecule has 1 unspecified atom stereocenters. The molecule has 0 saturated carbocycles. The molecule has 8 rings (SSSR count). The maximum absolute atomic E-state index is 6.78. The molecule has 0 amide bonds. The van der Waals surface area contributed by atoms with E-state index in [0.717, 1.165) is 11.5 Å². The van der Waals surface area contributed by atoms with Gasteiger partial charge in [-0.15, -0.1) is 0 Å². The van der Waals surface area contributed by atoms with Crippen molar-refractivity contribution in [3.63, 3.8) is 0 Å². The highest BCUT2D eigenvalue weighted by Gasteiger charge is 2.69. The molecule has 3 aromatic carbocycles. The second-order valence-electron chi connectivity index (χ2n) is 10.6. The molecular weight excluding hydrogens is 430 g/mol. The summed E-state index contributed by atoms with van der Waals surface area (Å²) in [7, 11) is 0. The van der Waals surface area contributed by atoms with Gasteiger partial charge in [0.05, 0.1) is 22.7 Å². The van der Waals surface area contributed by atoms with E-state index in [2.05, 4.69) is 120 Å². The largest absolute Gasteiger partial charge is 0.448 e. The van der Waals surface area contributed by atoms with Crippen LogP contribution in [-0.4, -0.2) is 4.57 Å². The van der Waals surface area contributed by atoms with Crippen molar-refractivity contribution in [2.45, 2.75) is 45.2 Å². The molecule has 4 nitrogen and oxygen atoms in total. The fraction of sp³-hybridized carbons (Fsp3) is 0.226. The highest BCUT2D eigenvalue weighted by molar-refractivity contribution is 5.85. The third-order valence-corrected chi connectivity index (χ3v) is 8.16. The standard InChI is InChI=1S/C31H27N3O/c1-18(2)20-15-16-23-27-29(20)35-26-14-9-13-25-28(26)34(27)30(33(25)19(3)4)31(23)22-11-6-5-10-21(22)24-12-7-8-17-32(24)31/h5-19H,1-4H3/q+2. The Balaban J connectivity index is 1.68. The number of nitrogens with zero attached hydrogens (tertiary/aromatic N) is 3. The van der Waals surface area contributed by atoms with E-state index in [4.69, 9.17) is 4.74 Å². The molecule has 0 aliphatic carbocycles. The van der Waals surface area contributed by atoms with E-state index in [9.17, 15) is 0 Å². The van der Waals surface area contributed by atoms with E-state index in [0.29, 0.717) is 5.92 Å². The Bertz CT molecular complexity index is 1700. The van der Waals surface area contributed by atoms with Crippen LogP contribution in [0.1, 0.15) is 62.2 Å². The Kier molecular flexibility index (Phi) is 3.43. The number of hydrogen-bond acceptors (Lipinski definition) is 1. The summed E-state index contributed by atoms with van der Waals surface area (Å²) in [6.07, 6.45) is 2.26. The van der Waals surface area contributed by atoms with Crippen molar-refractivity contribution in [1.82, 2.24) is 4.57 Å². The van der Waals surface area contributed by atoms with Gasteiger partial charge in [-0.25, -0.2) is 4.57 Å². The molecule has 0 saturated heterocycles. The van der Waals surface area contributed by atoms with Crippen LogP contribution in [-0.2, 0) is 5.54 Å². The Morgan fingerprint density at radius 1 is 0.829 bits per heavy atom. The lowest BCUT2D eigenvalue weighted by atomic mass is 9.82. The predicted octanol–water partition coefficient (Wildman–Crippen LogP) is 6.15. The van der Waals surface area contributed by atoms with Crippen molar-refractivity contribution in [2.75, 3.05) is 0 Å². The van der Waals surface area contributed by atoms with Crippen molar-refractivity contribution in [3.8, 4) is 28.4 Å². The summed E-state index contributed by atoms with van der Waals surface area (Å²) in [5.74, 6) is 3.60. The second-order valence-corrected chi connectivity index (χ2v) is 10.6. The van der Waals surface area contributed by atoms with Crippen LogP contribution in [0.5, 0.6) is 11.5 Å². The van der Waals surface area contributed by atoms with Crippen LogP contribution in [0.3, 0.4) is 0 Å². The summed E-state index contributed by atoms with van der Waals surface area (Å²) in [5, 5.41) is 0. The maximum atomic E-state index is 6.78. The van der Waals surface area contributed by atoms with Gasteiger partial charge in [-0.05, 0) is 50.1 Å². The lowest BCUT2D eigenvalue weighted by Gasteiger charge is -2.22. The van der Waals surface area contributed by atoms with E-state index in [1.54, 1.807) is 0 Å². The van der Waals surface area contributed by atoms with Crippen molar-refractivity contribution in [1.29, 1.82) is 0 Å². The van der Waals surface area contributed by atoms with Crippen molar-refractivity contribution < 1.29 is 13.9 Å². The molecule has 5 heterocycles. The van der Waals surface area contributed by atoms with Gasteiger partial charge in [0.15, 0.2) is 28.9 Å². The number of para-hydroxylation sites is 1.